The van der Waals surface area contributed by atoms with Crippen molar-refractivity contribution in [2.75, 3.05) is 0 Å². The molecule has 0 aliphatic heterocycles. The lowest BCUT2D eigenvalue weighted by molar-refractivity contribution is 0.0460. The Bertz CT molecular complexity index is 739. The van der Waals surface area contributed by atoms with E-state index < -0.39 is 6.16 Å². The number of carbonyl (C=O) groups is 1. The fourth-order valence-electron chi connectivity index (χ4n) is 4.10. The average molecular weight is 411 g/mol. The van der Waals surface area contributed by atoms with Gasteiger partial charge in [0, 0.05) is 0 Å². The van der Waals surface area contributed by atoms with Crippen molar-refractivity contribution in [1.29, 1.82) is 0 Å². The van der Waals surface area contributed by atoms with Crippen molar-refractivity contribution in [3.63, 3.8) is 0 Å². The molecule has 0 radical (unpaired) electrons. The van der Waals surface area contributed by atoms with Gasteiger partial charge < -0.3 is 9.84 Å². The van der Waals surface area contributed by atoms with Crippen molar-refractivity contribution in [2.24, 2.45) is 0 Å². The lowest BCUT2D eigenvalue weighted by Crippen LogP contribution is -2.13. The fraction of sp³-hybridized carbons (Fsp3) is 0.519. The van der Waals surface area contributed by atoms with E-state index in [1.165, 1.54) is 16.7 Å². The Kier molecular flexibility index (Phi) is 11.1. The van der Waals surface area contributed by atoms with Crippen LogP contribution >= 0.6 is 0 Å². The fourth-order valence-corrected chi connectivity index (χ4v) is 4.10. The van der Waals surface area contributed by atoms with Gasteiger partial charge in [0.1, 0.15) is 6.10 Å². The van der Waals surface area contributed by atoms with Crippen molar-refractivity contribution in [2.45, 2.75) is 90.6 Å². The Balaban J connectivity index is 2.05. The van der Waals surface area contributed by atoms with Gasteiger partial charge in [0.25, 0.3) is 0 Å². The third-order valence-electron chi connectivity index (χ3n) is 5.75. The van der Waals surface area contributed by atoms with Gasteiger partial charge >= 0.3 is 6.16 Å². The zero-order chi connectivity index (χ0) is 21.6. The van der Waals surface area contributed by atoms with E-state index >= 15 is 0 Å². The highest BCUT2D eigenvalue weighted by Crippen LogP contribution is 2.31. The molecule has 0 aromatic heterocycles. The van der Waals surface area contributed by atoms with Crippen LogP contribution in [0, 0.1) is 0 Å². The second kappa shape index (κ2) is 13.8. The normalized spacial score (nSPS) is 11.9. The van der Waals surface area contributed by atoms with Crippen LogP contribution in [0.25, 0.3) is 0 Å². The van der Waals surface area contributed by atoms with Crippen LogP contribution in [0.2, 0.25) is 0 Å². The minimum Gasteiger partial charge on any atom is -0.450 e. The van der Waals surface area contributed by atoms with Crippen LogP contribution in [0.3, 0.4) is 0 Å². The van der Waals surface area contributed by atoms with E-state index in [0.717, 1.165) is 76.2 Å². The van der Waals surface area contributed by atoms with Crippen molar-refractivity contribution in [3.8, 4) is 0 Å². The second-order valence-electron chi connectivity index (χ2n) is 8.15. The minimum absolute atomic E-state index is 0.368. The van der Waals surface area contributed by atoms with E-state index in [2.05, 4.69) is 56.3 Å². The Morgan fingerprint density at radius 2 is 1.57 bits per heavy atom. The Morgan fingerprint density at radius 3 is 2.27 bits per heavy atom. The van der Waals surface area contributed by atoms with Gasteiger partial charge in [0.05, 0.1) is 0 Å². The second-order valence-corrected chi connectivity index (χ2v) is 8.15. The number of hydrogen-bond acceptors (Lipinski definition) is 2. The summed E-state index contributed by atoms with van der Waals surface area (Å²) in [5, 5.41) is 9.35. The van der Waals surface area contributed by atoms with E-state index in [1.54, 1.807) is 0 Å². The van der Waals surface area contributed by atoms with Gasteiger partial charge in [-0.05, 0) is 73.6 Å². The molecule has 30 heavy (non-hydrogen) atoms. The molecule has 3 heteroatoms. The number of unbranched alkanes of at least 4 members (excludes halogenated alkanes) is 4. The maximum atomic E-state index is 11.4. The molecule has 1 unspecified atom stereocenters. The summed E-state index contributed by atoms with van der Waals surface area (Å²) >= 11 is 0. The first-order valence-corrected chi connectivity index (χ1v) is 11.7. The molecular formula is C27H38O3. The van der Waals surface area contributed by atoms with Gasteiger partial charge in [-0.1, -0.05) is 81.6 Å². The van der Waals surface area contributed by atoms with E-state index in [1.807, 2.05) is 6.07 Å². The summed E-state index contributed by atoms with van der Waals surface area (Å²) in [7, 11) is 0. The molecule has 2 rings (SSSR count). The number of ether oxygens (including phenoxy) is 1. The van der Waals surface area contributed by atoms with Crippen molar-refractivity contribution in [3.05, 3.63) is 70.8 Å². The molecule has 0 aliphatic rings. The molecule has 3 nitrogen and oxygen atoms in total. The highest BCUT2D eigenvalue weighted by Gasteiger charge is 2.21. The predicted molar refractivity (Wildman–Crippen MR) is 124 cm³/mol. The van der Waals surface area contributed by atoms with Crippen molar-refractivity contribution < 1.29 is 14.6 Å². The minimum atomic E-state index is -1.18. The van der Waals surface area contributed by atoms with E-state index in [0.29, 0.717) is 0 Å². The molecule has 0 saturated heterocycles. The molecule has 2 aromatic rings. The van der Waals surface area contributed by atoms with Crippen LogP contribution in [0.15, 0.2) is 48.5 Å². The lowest BCUT2D eigenvalue weighted by atomic mass is 9.89. The largest absolute Gasteiger partial charge is 0.506 e. The zero-order valence-corrected chi connectivity index (χ0v) is 18.7. The third kappa shape index (κ3) is 8.22. The number of aryl methyl sites for hydroxylation is 2. The summed E-state index contributed by atoms with van der Waals surface area (Å²) in [6.07, 6.45) is 10.1. The number of rotatable bonds is 14. The highest BCUT2D eigenvalue weighted by molar-refractivity contribution is 5.57. The molecule has 164 valence electrons. The first-order chi connectivity index (χ1) is 14.7. The monoisotopic (exact) mass is 410 g/mol. The van der Waals surface area contributed by atoms with Crippen LogP contribution in [0.5, 0.6) is 0 Å². The lowest BCUT2D eigenvalue weighted by Gasteiger charge is -2.22. The Hall–Kier alpha value is -2.29. The molecule has 0 aliphatic carbocycles. The highest BCUT2D eigenvalue weighted by atomic mass is 16.7. The molecule has 0 spiro atoms. The third-order valence-corrected chi connectivity index (χ3v) is 5.75. The molecular weight excluding hydrogens is 372 g/mol. The summed E-state index contributed by atoms with van der Waals surface area (Å²) < 4.78 is 5.40. The first kappa shape index (κ1) is 24.0. The van der Waals surface area contributed by atoms with Crippen LogP contribution in [-0.2, 0) is 24.0 Å². The smallest absolute Gasteiger partial charge is 0.450 e. The van der Waals surface area contributed by atoms with Crippen LogP contribution in [-0.4, -0.2) is 11.3 Å². The van der Waals surface area contributed by atoms with Crippen LogP contribution in [0.4, 0.5) is 4.79 Å². The maximum Gasteiger partial charge on any atom is 0.506 e. The van der Waals surface area contributed by atoms with Gasteiger partial charge in [-0.25, -0.2) is 4.79 Å². The van der Waals surface area contributed by atoms with Crippen LogP contribution in [0.1, 0.15) is 93.6 Å². The summed E-state index contributed by atoms with van der Waals surface area (Å²) in [5.41, 5.74) is 5.14. The maximum absolute atomic E-state index is 11.4. The van der Waals surface area contributed by atoms with Gasteiger partial charge in [-0.2, -0.15) is 0 Å². The summed E-state index contributed by atoms with van der Waals surface area (Å²) in [6.45, 7) is 4.41. The topological polar surface area (TPSA) is 46.5 Å². The van der Waals surface area contributed by atoms with Gasteiger partial charge in [0.15, 0.2) is 0 Å². The number of carboxylic acid groups (broad SMARTS) is 1. The number of benzene rings is 2. The Morgan fingerprint density at radius 1 is 0.833 bits per heavy atom. The zero-order valence-electron chi connectivity index (χ0n) is 18.7. The number of hydrogen-bond donors (Lipinski definition) is 1. The van der Waals surface area contributed by atoms with Gasteiger partial charge in [-0.3, -0.25) is 0 Å². The van der Waals surface area contributed by atoms with Crippen LogP contribution < -0.4 is 0 Å². The van der Waals surface area contributed by atoms with Gasteiger partial charge in [-0.15, -0.1) is 0 Å². The average Bonchev–Trinajstić information content (AvgIpc) is 2.75. The van der Waals surface area contributed by atoms with Gasteiger partial charge in [0.2, 0.25) is 0 Å². The summed E-state index contributed by atoms with van der Waals surface area (Å²) in [5.74, 6) is 0. The van der Waals surface area contributed by atoms with E-state index in [9.17, 15) is 9.90 Å². The first-order valence-electron chi connectivity index (χ1n) is 11.7. The molecule has 0 saturated carbocycles. The molecule has 0 bridgehead atoms. The quantitative estimate of drug-likeness (QED) is 0.254. The Labute approximate surface area is 182 Å². The van der Waals surface area contributed by atoms with E-state index in [-0.39, 0.29) is 6.10 Å². The predicted octanol–water partition coefficient (Wildman–Crippen LogP) is 7.91. The van der Waals surface area contributed by atoms with Crippen molar-refractivity contribution in [1.82, 2.24) is 0 Å². The molecule has 0 amide bonds. The molecule has 0 heterocycles. The molecule has 1 N–H and O–H groups in total. The standard InChI is InChI=1S/C27H38O3/c1-3-5-17-23-18-13-20-25(24(23)19-6-4-2)26(30-27(28)29)21-12-8-11-16-22-14-9-7-10-15-22/h7,9-10,13-15,18,20,26H,3-6,8,11-12,16-17,19,21H2,1-2H3,(H,28,29). The summed E-state index contributed by atoms with van der Waals surface area (Å²) in [6, 6.07) is 16.9. The molecule has 1 atom stereocenters. The van der Waals surface area contributed by atoms with Crippen molar-refractivity contribution >= 4 is 6.16 Å². The molecule has 0 fully saturated rings. The summed E-state index contributed by atoms with van der Waals surface area (Å²) in [4.78, 5) is 11.4. The van der Waals surface area contributed by atoms with E-state index in [4.69, 9.17) is 4.74 Å². The SMILES string of the molecule is CCCCc1cccc(C(CCCCCc2ccccc2)OC(=O)O)c1CCCC. The molecule has 2 aromatic carbocycles.